The van der Waals surface area contributed by atoms with Crippen molar-refractivity contribution in [3.05, 3.63) is 61.5 Å². The molecule has 1 amide bonds. The van der Waals surface area contributed by atoms with E-state index in [-0.39, 0.29) is 5.57 Å². The number of hydrogen-bond donors (Lipinski definition) is 1. The fraction of sp³-hybridized carbons (Fsp3) is 0.200. The maximum absolute atomic E-state index is 12.6. The summed E-state index contributed by atoms with van der Waals surface area (Å²) in [6, 6.07) is 11.3. The Kier molecular flexibility index (Phi) is 7.01. The third-order valence-electron chi connectivity index (χ3n) is 3.62. The number of carbonyl (C=O) groups excluding carboxylic acids is 1. The first-order valence-electron chi connectivity index (χ1n) is 7.98. The predicted molar refractivity (Wildman–Crippen MR) is 111 cm³/mol. The van der Waals surface area contributed by atoms with E-state index in [1.54, 1.807) is 6.07 Å². The van der Waals surface area contributed by atoms with Gasteiger partial charge < -0.3 is 10.1 Å². The molecule has 2 aromatic carbocycles. The summed E-state index contributed by atoms with van der Waals surface area (Å²) >= 11 is 6.87. The Morgan fingerprint density at radius 2 is 2.00 bits per heavy atom. The maximum atomic E-state index is 12.6. The monoisotopic (exact) mass is 476 g/mol. The Morgan fingerprint density at radius 1 is 1.27 bits per heavy atom. The second-order valence-corrected chi connectivity index (χ2v) is 7.45. The highest BCUT2D eigenvalue weighted by Crippen LogP contribution is 2.34. The van der Waals surface area contributed by atoms with E-state index >= 15 is 0 Å². The molecular weight excluding hydrogens is 460 g/mol. The average molecular weight is 478 g/mol. The van der Waals surface area contributed by atoms with E-state index in [4.69, 9.17) is 4.74 Å². The standard InChI is InChI=1S/C20H18Br2N2O2/c1-4-26-19-14(9-16(21)10-17(19)22)8-15(11-23)20(25)24-18-6-5-12(2)7-13(18)3/h5-10H,4H2,1-3H3,(H,24,25)/b15-8+. The molecule has 1 N–H and O–H groups in total. The number of halogens is 2. The van der Waals surface area contributed by atoms with Crippen LogP contribution in [-0.4, -0.2) is 12.5 Å². The number of nitriles is 1. The van der Waals surface area contributed by atoms with E-state index in [1.165, 1.54) is 6.08 Å². The quantitative estimate of drug-likeness (QED) is 0.439. The Balaban J connectivity index is 2.38. The smallest absolute Gasteiger partial charge is 0.266 e. The van der Waals surface area contributed by atoms with Gasteiger partial charge in [0.05, 0.1) is 11.1 Å². The van der Waals surface area contributed by atoms with Crippen molar-refractivity contribution < 1.29 is 9.53 Å². The van der Waals surface area contributed by atoms with Gasteiger partial charge in [0.15, 0.2) is 0 Å². The van der Waals surface area contributed by atoms with Crippen LogP contribution >= 0.6 is 31.9 Å². The Bertz CT molecular complexity index is 915. The van der Waals surface area contributed by atoms with Crippen molar-refractivity contribution in [2.24, 2.45) is 0 Å². The topological polar surface area (TPSA) is 62.1 Å². The van der Waals surface area contributed by atoms with Crippen LogP contribution in [0.2, 0.25) is 0 Å². The lowest BCUT2D eigenvalue weighted by molar-refractivity contribution is -0.112. The maximum Gasteiger partial charge on any atom is 0.266 e. The molecule has 0 saturated heterocycles. The molecule has 4 nitrogen and oxygen atoms in total. The third kappa shape index (κ3) is 4.96. The number of hydrogen-bond acceptors (Lipinski definition) is 3. The average Bonchev–Trinajstić information content (AvgIpc) is 2.57. The van der Waals surface area contributed by atoms with Gasteiger partial charge in [0.1, 0.15) is 17.4 Å². The predicted octanol–water partition coefficient (Wildman–Crippen LogP) is 5.77. The zero-order chi connectivity index (χ0) is 19.3. The van der Waals surface area contributed by atoms with Gasteiger partial charge in [-0.2, -0.15) is 5.26 Å². The van der Waals surface area contributed by atoms with Crippen molar-refractivity contribution in [1.82, 2.24) is 0 Å². The first-order valence-corrected chi connectivity index (χ1v) is 9.56. The number of ether oxygens (including phenoxy) is 1. The number of rotatable bonds is 5. The molecule has 0 aliphatic heterocycles. The molecule has 0 saturated carbocycles. The second-order valence-electron chi connectivity index (χ2n) is 5.68. The highest BCUT2D eigenvalue weighted by Gasteiger charge is 2.14. The minimum absolute atomic E-state index is 0.00377. The molecule has 0 spiro atoms. The van der Waals surface area contributed by atoms with Crippen molar-refractivity contribution in [3.63, 3.8) is 0 Å². The fourth-order valence-corrected chi connectivity index (χ4v) is 3.80. The van der Waals surface area contributed by atoms with Crippen LogP contribution in [0.4, 0.5) is 5.69 Å². The van der Waals surface area contributed by atoms with E-state index in [0.717, 1.165) is 20.1 Å². The molecule has 0 aliphatic carbocycles. The lowest BCUT2D eigenvalue weighted by Crippen LogP contribution is -2.14. The van der Waals surface area contributed by atoms with Gasteiger partial charge in [-0.1, -0.05) is 33.6 Å². The molecular formula is C20H18Br2N2O2. The molecule has 0 fully saturated rings. The van der Waals surface area contributed by atoms with E-state index in [1.807, 2.05) is 51.1 Å². The highest BCUT2D eigenvalue weighted by molar-refractivity contribution is 9.11. The molecule has 0 unspecified atom stereocenters. The molecule has 0 aromatic heterocycles. The van der Waals surface area contributed by atoms with Crippen LogP contribution in [0.15, 0.2) is 44.9 Å². The summed E-state index contributed by atoms with van der Waals surface area (Å²) in [7, 11) is 0. The van der Waals surface area contributed by atoms with Crippen molar-refractivity contribution in [1.29, 1.82) is 5.26 Å². The van der Waals surface area contributed by atoms with Crippen LogP contribution in [0.25, 0.3) is 6.08 Å². The number of carbonyl (C=O) groups is 1. The van der Waals surface area contributed by atoms with Crippen molar-refractivity contribution in [2.75, 3.05) is 11.9 Å². The number of benzene rings is 2. The summed E-state index contributed by atoms with van der Waals surface area (Å²) < 4.78 is 7.20. The first kappa shape index (κ1) is 20.2. The Hall–Kier alpha value is -2.10. The number of aryl methyl sites for hydroxylation is 2. The minimum Gasteiger partial charge on any atom is -0.492 e. The van der Waals surface area contributed by atoms with Gasteiger partial charge in [-0.05, 0) is 66.5 Å². The van der Waals surface area contributed by atoms with Crippen molar-refractivity contribution >= 4 is 49.5 Å². The van der Waals surface area contributed by atoms with E-state index in [0.29, 0.717) is 23.6 Å². The molecule has 6 heteroatoms. The SMILES string of the molecule is CCOc1c(Br)cc(Br)cc1/C=C(\C#N)C(=O)Nc1ccc(C)cc1C. The first-order chi connectivity index (χ1) is 12.3. The van der Waals surface area contributed by atoms with Gasteiger partial charge in [-0.15, -0.1) is 0 Å². The van der Waals surface area contributed by atoms with Crippen LogP contribution < -0.4 is 10.1 Å². The summed E-state index contributed by atoms with van der Waals surface area (Å²) in [5.41, 5.74) is 3.37. The molecule has 2 rings (SSSR count). The van der Waals surface area contributed by atoms with Gasteiger partial charge in [-0.25, -0.2) is 0 Å². The lowest BCUT2D eigenvalue weighted by atomic mass is 10.1. The summed E-state index contributed by atoms with van der Waals surface area (Å²) in [4.78, 5) is 12.6. The lowest BCUT2D eigenvalue weighted by Gasteiger charge is -2.12. The normalized spacial score (nSPS) is 11.0. The molecule has 0 atom stereocenters. The number of nitrogens with one attached hydrogen (secondary N) is 1. The second kappa shape index (κ2) is 9.02. The van der Waals surface area contributed by atoms with Crippen LogP contribution in [0.1, 0.15) is 23.6 Å². The van der Waals surface area contributed by atoms with E-state index < -0.39 is 5.91 Å². The van der Waals surface area contributed by atoms with Gasteiger partial charge in [0, 0.05) is 15.7 Å². The molecule has 134 valence electrons. The molecule has 0 radical (unpaired) electrons. The Labute approximate surface area is 170 Å². The molecule has 0 heterocycles. The number of nitrogens with zero attached hydrogens (tertiary/aromatic N) is 1. The number of amides is 1. The molecule has 2 aromatic rings. The summed E-state index contributed by atoms with van der Waals surface area (Å²) in [6.45, 7) is 6.24. The van der Waals surface area contributed by atoms with E-state index in [9.17, 15) is 10.1 Å². The minimum atomic E-state index is -0.460. The van der Waals surface area contributed by atoms with Gasteiger partial charge in [-0.3, -0.25) is 4.79 Å². The molecule has 0 aliphatic rings. The van der Waals surface area contributed by atoms with Crippen LogP contribution in [0, 0.1) is 25.2 Å². The molecule has 0 bridgehead atoms. The number of anilines is 1. The molecule has 26 heavy (non-hydrogen) atoms. The van der Waals surface area contributed by atoms with Crippen molar-refractivity contribution in [2.45, 2.75) is 20.8 Å². The van der Waals surface area contributed by atoms with E-state index in [2.05, 4.69) is 37.2 Å². The van der Waals surface area contributed by atoms with Crippen LogP contribution in [0.5, 0.6) is 5.75 Å². The summed E-state index contributed by atoms with van der Waals surface area (Å²) in [6.07, 6.45) is 1.53. The third-order valence-corrected chi connectivity index (χ3v) is 4.67. The van der Waals surface area contributed by atoms with Gasteiger partial charge in [0.2, 0.25) is 0 Å². The summed E-state index contributed by atoms with van der Waals surface area (Å²) in [5, 5.41) is 12.3. The van der Waals surface area contributed by atoms with Crippen molar-refractivity contribution in [3.8, 4) is 11.8 Å². The summed E-state index contributed by atoms with van der Waals surface area (Å²) in [5.74, 6) is 0.126. The zero-order valence-corrected chi connectivity index (χ0v) is 17.9. The van der Waals surface area contributed by atoms with Gasteiger partial charge >= 0.3 is 0 Å². The van der Waals surface area contributed by atoms with Gasteiger partial charge in [0.25, 0.3) is 5.91 Å². The van der Waals surface area contributed by atoms with Crippen LogP contribution in [0.3, 0.4) is 0 Å². The highest BCUT2D eigenvalue weighted by atomic mass is 79.9. The largest absolute Gasteiger partial charge is 0.492 e. The fourth-order valence-electron chi connectivity index (χ4n) is 2.43. The zero-order valence-electron chi connectivity index (χ0n) is 14.7. The Morgan fingerprint density at radius 3 is 2.62 bits per heavy atom. The van der Waals surface area contributed by atoms with Crippen LogP contribution in [-0.2, 0) is 4.79 Å².